The van der Waals surface area contributed by atoms with Crippen molar-refractivity contribution in [2.75, 3.05) is 5.88 Å². The van der Waals surface area contributed by atoms with Gasteiger partial charge in [0.25, 0.3) is 0 Å². The Labute approximate surface area is 126 Å². The summed E-state index contributed by atoms with van der Waals surface area (Å²) in [5.74, 6) is 5.48. The smallest absolute Gasteiger partial charge is 0.139 e. The molecule has 2 aromatic rings. The van der Waals surface area contributed by atoms with Gasteiger partial charge in [-0.15, -0.1) is 11.6 Å². The fourth-order valence-electron chi connectivity index (χ4n) is 1.58. The molecular formula is C16H12ClF2NO. The second kappa shape index (κ2) is 7.61. The van der Waals surface area contributed by atoms with Gasteiger partial charge < -0.3 is 4.74 Å². The molecule has 5 heteroatoms. The quantitative estimate of drug-likeness (QED) is 0.631. The molecule has 0 radical (unpaired) electrons. The highest BCUT2D eigenvalue weighted by Crippen LogP contribution is 2.15. The van der Waals surface area contributed by atoms with E-state index in [4.69, 9.17) is 16.3 Å². The van der Waals surface area contributed by atoms with Crippen LogP contribution in [0.25, 0.3) is 0 Å². The highest BCUT2D eigenvalue weighted by molar-refractivity contribution is 6.18. The van der Waals surface area contributed by atoms with Crippen molar-refractivity contribution < 1.29 is 13.5 Å². The van der Waals surface area contributed by atoms with Crippen LogP contribution in [-0.4, -0.2) is 10.9 Å². The van der Waals surface area contributed by atoms with Crippen molar-refractivity contribution in [3.05, 3.63) is 59.4 Å². The largest absolute Gasteiger partial charge is 0.487 e. The SMILES string of the molecule is Fc1ccc(COc2cncc(C#CCCCl)c2)c(F)c1. The molecule has 2 rings (SSSR count). The summed E-state index contributed by atoms with van der Waals surface area (Å²) in [6.07, 6.45) is 3.70. The second-order valence-corrected chi connectivity index (χ2v) is 4.55. The van der Waals surface area contributed by atoms with E-state index in [0.717, 1.165) is 6.07 Å². The third kappa shape index (κ3) is 4.73. The molecule has 0 spiro atoms. The van der Waals surface area contributed by atoms with E-state index >= 15 is 0 Å². The van der Waals surface area contributed by atoms with Gasteiger partial charge in [-0.25, -0.2) is 8.78 Å². The number of aromatic nitrogens is 1. The molecule has 0 saturated heterocycles. The predicted molar refractivity (Wildman–Crippen MR) is 77.1 cm³/mol. The lowest BCUT2D eigenvalue weighted by Gasteiger charge is -2.07. The summed E-state index contributed by atoms with van der Waals surface area (Å²) in [6, 6.07) is 5.07. The second-order valence-electron chi connectivity index (χ2n) is 4.17. The molecule has 0 unspecified atom stereocenters. The van der Waals surface area contributed by atoms with Crippen molar-refractivity contribution in [3.63, 3.8) is 0 Å². The molecule has 1 heterocycles. The Morgan fingerprint density at radius 3 is 2.81 bits per heavy atom. The molecule has 1 aromatic carbocycles. The predicted octanol–water partition coefficient (Wildman–Crippen LogP) is 3.92. The summed E-state index contributed by atoms with van der Waals surface area (Å²) in [7, 11) is 0. The van der Waals surface area contributed by atoms with E-state index in [-0.39, 0.29) is 12.2 Å². The van der Waals surface area contributed by atoms with E-state index in [2.05, 4.69) is 16.8 Å². The molecule has 2 nitrogen and oxygen atoms in total. The summed E-state index contributed by atoms with van der Waals surface area (Å²) in [5, 5.41) is 0. The number of nitrogens with zero attached hydrogens (tertiary/aromatic N) is 1. The van der Waals surface area contributed by atoms with E-state index in [9.17, 15) is 8.78 Å². The van der Waals surface area contributed by atoms with E-state index in [1.54, 1.807) is 12.3 Å². The summed E-state index contributed by atoms with van der Waals surface area (Å²) in [5.41, 5.74) is 0.965. The Hall–Kier alpha value is -2.12. The summed E-state index contributed by atoms with van der Waals surface area (Å²) in [4.78, 5) is 4.00. The molecule has 1 aromatic heterocycles. The maximum absolute atomic E-state index is 13.5. The van der Waals surface area contributed by atoms with Gasteiger partial charge in [0.05, 0.1) is 6.20 Å². The average molecular weight is 308 g/mol. The normalized spacial score (nSPS) is 9.86. The number of ether oxygens (including phenoxy) is 1. The zero-order valence-corrected chi connectivity index (χ0v) is 11.8. The van der Waals surface area contributed by atoms with Gasteiger partial charge in [-0.2, -0.15) is 0 Å². The van der Waals surface area contributed by atoms with Gasteiger partial charge in [-0.3, -0.25) is 4.98 Å². The zero-order chi connectivity index (χ0) is 15.1. The van der Waals surface area contributed by atoms with E-state index in [1.165, 1.54) is 18.3 Å². The molecule has 0 fully saturated rings. The van der Waals surface area contributed by atoms with Gasteiger partial charge >= 0.3 is 0 Å². The molecule has 0 aliphatic heterocycles. The van der Waals surface area contributed by atoms with Crippen molar-refractivity contribution in [3.8, 4) is 17.6 Å². The van der Waals surface area contributed by atoms with Crippen LogP contribution in [0.2, 0.25) is 0 Å². The Bertz CT molecular complexity index is 679. The van der Waals surface area contributed by atoms with Crippen LogP contribution in [-0.2, 0) is 6.61 Å². The minimum absolute atomic E-state index is 0.00758. The first kappa shape index (κ1) is 15.3. The van der Waals surface area contributed by atoms with Crippen LogP contribution in [0.5, 0.6) is 5.75 Å². The van der Waals surface area contributed by atoms with Crippen LogP contribution in [0.4, 0.5) is 8.78 Å². The van der Waals surface area contributed by atoms with Crippen molar-refractivity contribution in [1.29, 1.82) is 0 Å². The maximum atomic E-state index is 13.5. The van der Waals surface area contributed by atoms with Crippen LogP contribution in [0.3, 0.4) is 0 Å². The molecule has 0 atom stereocenters. The van der Waals surface area contributed by atoms with Crippen LogP contribution < -0.4 is 4.74 Å². The van der Waals surface area contributed by atoms with Crippen LogP contribution in [0.1, 0.15) is 17.5 Å². The lowest BCUT2D eigenvalue weighted by molar-refractivity contribution is 0.298. The Morgan fingerprint density at radius 2 is 2.05 bits per heavy atom. The maximum Gasteiger partial charge on any atom is 0.139 e. The first-order valence-electron chi connectivity index (χ1n) is 6.25. The average Bonchev–Trinajstić information content (AvgIpc) is 2.47. The van der Waals surface area contributed by atoms with Gasteiger partial charge in [-0.1, -0.05) is 11.8 Å². The Kier molecular flexibility index (Phi) is 5.53. The minimum Gasteiger partial charge on any atom is -0.487 e. The molecule has 0 aliphatic carbocycles. The zero-order valence-electron chi connectivity index (χ0n) is 11.1. The number of hydrogen-bond acceptors (Lipinski definition) is 2. The standard InChI is InChI=1S/C16H12ClF2NO/c17-6-2-1-3-12-7-15(10-20-9-12)21-11-13-4-5-14(18)8-16(13)19/h4-5,7-10H,2,6,11H2. The minimum atomic E-state index is -0.638. The summed E-state index contributed by atoms with van der Waals surface area (Å²) >= 11 is 5.54. The number of halogens is 3. The molecule has 0 N–H and O–H groups in total. The van der Waals surface area contributed by atoms with Gasteiger partial charge in [-0.05, 0) is 18.2 Å². The lowest BCUT2D eigenvalue weighted by atomic mass is 10.2. The van der Waals surface area contributed by atoms with Crippen LogP contribution in [0, 0.1) is 23.5 Å². The number of rotatable bonds is 4. The molecule has 0 aliphatic rings. The highest BCUT2D eigenvalue weighted by Gasteiger charge is 2.05. The molecule has 108 valence electrons. The summed E-state index contributed by atoms with van der Waals surface area (Å²) in [6.45, 7) is -0.00758. The monoisotopic (exact) mass is 307 g/mol. The van der Waals surface area contributed by atoms with Crippen molar-refractivity contribution in [2.24, 2.45) is 0 Å². The number of hydrogen-bond donors (Lipinski definition) is 0. The first-order valence-corrected chi connectivity index (χ1v) is 6.79. The summed E-state index contributed by atoms with van der Waals surface area (Å²) < 4.78 is 31.7. The molecule has 0 bridgehead atoms. The molecule has 0 amide bonds. The van der Waals surface area contributed by atoms with Crippen molar-refractivity contribution in [1.82, 2.24) is 4.98 Å². The number of pyridine rings is 1. The van der Waals surface area contributed by atoms with Gasteiger partial charge in [0, 0.05) is 35.7 Å². The Balaban J connectivity index is 2.03. The fraction of sp³-hybridized carbons (Fsp3) is 0.188. The topological polar surface area (TPSA) is 22.1 Å². The number of benzene rings is 1. The highest BCUT2D eigenvalue weighted by atomic mass is 35.5. The van der Waals surface area contributed by atoms with Gasteiger partial charge in [0.15, 0.2) is 0 Å². The van der Waals surface area contributed by atoms with E-state index in [1.807, 2.05) is 0 Å². The van der Waals surface area contributed by atoms with Crippen LogP contribution in [0.15, 0.2) is 36.7 Å². The third-order valence-corrected chi connectivity index (χ3v) is 2.76. The van der Waals surface area contributed by atoms with Crippen LogP contribution >= 0.6 is 11.6 Å². The van der Waals surface area contributed by atoms with Crippen molar-refractivity contribution >= 4 is 11.6 Å². The lowest BCUT2D eigenvalue weighted by Crippen LogP contribution is -1.99. The van der Waals surface area contributed by atoms with Gasteiger partial charge in [0.2, 0.25) is 0 Å². The van der Waals surface area contributed by atoms with Gasteiger partial charge in [0.1, 0.15) is 24.0 Å². The third-order valence-electron chi connectivity index (χ3n) is 2.57. The van der Waals surface area contributed by atoms with Crippen molar-refractivity contribution in [2.45, 2.75) is 13.0 Å². The molecule has 0 saturated carbocycles. The molecule has 21 heavy (non-hydrogen) atoms. The van der Waals surface area contributed by atoms with E-state index < -0.39 is 11.6 Å². The number of alkyl halides is 1. The fourth-order valence-corrected chi connectivity index (χ4v) is 1.67. The Morgan fingerprint density at radius 1 is 1.19 bits per heavy atom. The van der Waals surface area contributed by atoms with E-state index in [0.29, 0.717) is 23.6 Å². The first-order chi connectivity index (χ1) is 10.2. The molecular weight excluding hydrogens is 296 g/mol.